The van der Waals surface area contributed by atoms with Gasteiger partial charge in [-0.05, 0) is 65.3 Å². The van der Waals surface area contributed by atoms with E-state index in [0.717, 1.165) is 16.9 Å². The highest BCUT2D eigenvalue weighted by Gasteiger charge is 2.38. The second kappa shape index (κ2) is 10.9. The van der Waals surface area contributed by atoms with Crippen molar-refractivity contribution in [1.29, 1.82) is 0 Å². The Labute approximate surface area is 222 Å². The van der Waals surface area contributed by atoms with E-state index in [9.17, 15) is 19.5 Å². The highest BCUT2D eigenvalue weighted by Crippen LogP contribution is 2.27. The summed E-state index contributed by atoms with van der Waals surface area (Å²) < 4.78 is 15.3. The number of aryl methyl sites for hydroxylation is 1. The lowest BCUT2D eigenvalue weighted by molar-refractivity contribution is -0.677. The fourth-order valence-electron chi connectivity index (χ4n) is 4.78. The molecule has 9 nitrogen and oxygen atoms in total. The second-order valence-electron chi connectivity index (χ2n) is 10.6. The van der Waals surface area contributed by atoms with Crippen molar-refractivity contribution in [3.63, 3.8) is 0 Å². The molecule has 0 saturated heterocycles. The van der Waals surface area contributed by atoms with Crippen LogP contribution in [0.25, 0.3) is 11.0 Å². The molecule has 2 amide bonds. The van der Waals surface area contributed by atoms with Gasteiger partial charge in [-0.2, -0.15) is 0 Å². The zero-order valence-corrected chi connectivity index (χ0v) is 22.7. The molecule has 0 saturated carbocycles. The highest BCUT2D eigenvalue weighted by molar-refractivity contribution is 6.21. The lowest BCUT2D eigenvalue weighted by Crippen LogP contribution is -2.42. The number of fused-ring (bicyclic) bond motifs is 2. The van der Waals surface area contributed by atoms with Gasteiger partial charge in [-0.3, -0.25) is 19.3 Å². The lowest BCUT2D eigenvalue weighted by atomic mass is 10.1. The van der Waals surface area contributed by atoms with Gasteiger partial charge in [0.2, 0.25) is 0 Å². The van der Waals surface area contributed by atoms with Crippen LogP contribution in [0, 0.1) is 0 Å². The fourth-order valence-corrected chi connectivity index (χ4v) is 4.78. The summed E-state index contributed by atoms with van der Waals surface area (Å²) in [5, 5.41) is 10.3. The van der Waals surface area contributed by atoms with Crippen molar-refractivity contribution in [1.82, 2.24) is 9.47 Å². The molecule has 9 heteroatoms. The molecule has 0 radical (unpaired) electrons. The minimum absolute atomic E-state index is 0.0770. The summed E-state index contributed by atoms with van der Waals surface area (Å²) in [6.45, 7) is 10.5. The first-order valence-corrected chi connectivity index (χ1v) is 13.0. The highest BCUT2D eigenvalue weighted by atomic mass is 16.6. The molecular formula is C29H36N3O6+. The van der Waals surface area contributed by atoms with Crippen LogP contribution in [0.4, 0.5) is 0 Å². The number of ether oxygens (including phenoxy) is 2. The summed E-state index contributed by atoms with van der Waals surface area (Å²) in [6.07, 6.45) is 0.120. The Kier molecular flexibility index (Phi) is 7.87. The molecule has 1 atom stereocenters. The van der Waals surface area contributed by atoms with Crippen LogP contribution in [-0.4, -0.2) is 50.7 Å². The molecule has 1 aliphatic heterocycles. The van der Waals surface area contributed by atoms with Crippen molar-refractivity contribution in [2.75, 3.05) is 6.61 Å². The summed E-state index contributed by atoms with van der Waals surface area (Å²) in [5.41, 5.74) is 2.02. The molecular weight excluding hydrogens is 486 g/mol. The third-order valence-electron chi connectivity index (χ3n) is 6.31. The minimum atomic E-state index is -0.657. The number of rotatable bonds is 10. The zero-order valence-electron chi connectivity index (χ0n) is 22.7. The van der Waals surface area contributed by atoms with Crippen molar-refractivity contribution in [3.8, 4) is 5.75 Å². The monoisotopic (exact) mass is 522 g/mol. The zero-order chi connectivity index (χ0) is 27.6. The van der Waals surface area contributed by atoms with Gasteiger partial charge in [0.05, 0.1) is 30.4 Å². The van der Waals surface area contributed by atoms with E-state index in [4.69, 9.17) is 9.47 Å². The maximum Gasteiger partial charge on any atom is 0.306 e. The number of imide groups is 1. The maximum absolute atomic E-state index is 13.1. The molecule has 2 heterocycles. The molecule has 4 rings (SSSR count). The van der Waals surface area contributed by atoms with Gasteiger partial charge in [0.25, 0.3) is 17.6 Å². The van der Waals surface area contributed by atoms with Crippen molar-refractivity contribution in [2.24, 2.45) is 0 Å². The number of amides is 2. The number of aliphatic hydroxyl groups is 1. The Morgan fingerprint density at radius 3 is 2.32 bits per heavy atom. The van der Waals surface area contributed by atoms with Gasteiger partial charge in [-0.1, -0.05) is 12.1 Å². The van der Waals surface area contributed by atoms with Crippen molar-refractivity contribution in [2.45, 2.75) is 78.8 Å². The molecule has 0 aliphatic carbocycles. The van der Waals surface area contributed by atoms with Gasteiger partial charge in [-0.25, -0.2) is 9.13 Å². The van der Waals surface area contributed by atoms with E-state index in [-0.39, 0.29) is 37.3 Å². The predicted octanol–water partition coefficient (Wildman–Crippen LogP) is 3.63. The lowest BCUT2D eigenvalue weighted by Gasteiger charge is -2.19. The third-order valence-corrected chi connectivity index (χ3v) is 6.31. The van der Waals surface area contributed by atoms with E-state index in [2.05, 4.69) is 0 Å². The van der Waals surface area contributed by atoms with E-state index in [1.54, 1.807) is 31.2 Å². The average molecular weight is 523 g/mol. The Morgan fingerprint density at radius 1 is 1.08 bits per heavy atom. The SMILES string of the molecule is CC[n+]1c(CN2C(=O)c3ccccc3C2=O)n(C[C@H](C)O)c2cc(OCCCC(=O)OC(C)(C)C)ccc21. The first kappa shape index (κ1) is 27.3. The number of aromatic nitrogens is 2. The quantitative estimate of drug-likeness (QED) is 0.189. The van der Waals surface area contributed by atoms with Crippen LogP contribution in [-0.2, 0) is 29.2 Å². The Bertz CT molecular complexity index is 1330. The first-order chi connectivity index (χ1) is 18.0. The van der Waals surface area contributed by atoms with Gasteiger partial charge in [-0.15, -0.1) is 0 Å². The summed E-state index contributed by atoms with van der Waals surface area (Å²) in [5.74, 6) is 0.456. The Morgan fingerprint density at radius 2 is 1.74 bits per heavy atom. The number of hydrogen-bond donors (Lipinski definition) is 1. The number of esters is 1. The van der Waals surface area contributed by atoms with Crippen LogP contribution >= 0.6 is 0 Å². The molecule has 2 aromatic carbocycles. The number of aliphatic hydroxyl groups excluding tert-OH is 1. The topological polar surface area (TPSA) is 102 Å². The van der Waals surface area contributed by atoms with E-state index in [0.29, 0.717) is 36.4 Å². The summed E-state index contributed by atoms with van der Waals surface area (Å²) >= 11 is 0. The summed E-state index contributed by atoms with van der Waals surface area (Å²) in [4.78, 5) is 39.4. The Hall–Kier alpha value is -3.72. The fraction of sp³-hybridized carbons (Fsp3) is 0.448. The molecule has 0 spiro atoms. The molecule has 1 aromatic heterocycles. The van der Waals surface area contributed by atoms with Crippen molar-refractivity contribution in [3.05, 3.63) is 59.4 Å². The largest absolute Gasteiger partial charge is 0.493 e. The van der Waals surface area contributed by atoms with Gasteiger partial charge < -0.3 is 14.6 Å². The van der Waals surface area contributed by atoms with Crippen LogP contribution in [0.15, 0.2) is 42.5 Å². The molecule has 0 fully saturated rings. The van der Waals surface area contributed by atoms with E-state index < -0.39 is 11.7 Å². The van der Waals surface area contributed by atoms with E-state index in [1.165, 1.54) is 4.90 Å². The number of hydrogen-bond acceptors (Lipinski definition) is 6. The molecule has 1 N–H and O–H groups in total. The third kappa shape index (κ3) is 5.72. The second-order valence-corrected chi connectivity index (χ2v) is 10.6. The minimum Gasteiger partial charge on any atom is -0.493 e. The number of imidazole rings is 1. The van der Waals surface area contributed by atoms with Crippen LogP contribution in [0.3, 0.4) is 0 Å². The number of nitrogens with zero attached hydrogens (tertiary/aromatic N) is 3. The number of carbonyl (C=O) groups excluding carboxylic acids is 3. The molecule has 202 valence electrons. The molecule has 3 aromatic rings. The average Bonchev–Trinajstić information content (AvgIpc) is 3.26. The Balaban J connectivity index is 1.59. The molecule has 0 unspecified atom stereocenters. The van der Waals surface area contributed by atoms with Crippen molar-refractivity contribution >= 4 is 28.8 Å². The normalized spacial score (nSPS) is 14.2. The number of carbonyl (C=O) groups is 3. The van der Waals surface area contributed by atoms with Crippen LogP contribution in [0.5, 0.6) is 5.75 Å². The van der Waals surface area contributed by atoms with Crippen LogP contribution < -0.4 is 9.30 Å². The maximum atomic E-state index is 13.1. The predicted molar refractivity (Wildman–Crippen MR) is 141 cm³/mol. The van der Waals surface area contributed by atoms with Crippen molar-refractivity contribution < 1.29 is 33.5 Å². The van der Waals surface area contributed by atoms with E-state index >= 15 is 0 Å². The molecule has 38 heavy (non-hydrogen) atoms. The van der Waals surface area contributed by atoms with Crippen LogP contribution in [0.2, 0.25) is 0 Å². The van der Waals surface area contributed by atoms with Gasteiger partial charge in [0.1, 0.15) is 24.4 Å². The smallest absolute Gasteiger partial charge is 0.306 e. The first-order valence-electron chi connectivity index (χ1n) is 13.0. The van der Waals surface area contributed by atoms with Gasteiger partial charge in [0.15, 0.2) is 11.0 Å². The molecule has 0 bridgehead atoms. The standard InChI is InChI=1S/C29H36N3O6/c1-6-30-23-14-13-20(37-15-9-12-26(34)38-29(3,4)5)16-24(23)31(17-19(2)33)25(30)18-32-27(35)21-10-7-8-11-22(21)28(32)36/h7-8,10-11,13-14,16,19,33H,6,9,12,15,17-18H2,1-5H3/q+1/t19-/m0/s1. The van der Waals surface area contributed by atoms with Gasteiger partial charge in [0, 0.05) is 12.5 Å². The number of benzene rings is 2. The summed E-state index contributed by atoms with van der Waals surface area (Å²) in [6, 6.07) is 12.5. The van der Waals surface area contributed by atoms with Gasteiger partial charge >= 0.3 is 5.97 Å². The summed E-state index contributed by atoms with van der Waals surface area (Å²) in [7, 11) is 0. The van der Waals surface area contributed by atoms with E-state index in [1.807, 2.05) is 55.0 Å². The van der Waals surface area contributed by atoms with Crippen LogP contribution in [0.1, 0.15) is 74.0 Å². The molecule has 1 aliphatic rings.